The summed E-state index contributed by atoms with van der Waals surface area (Å²) < 4.78 is 0. The molecule has 0 unspecified atom stereocenters. The first-order valence-electron chi connectivity index (χ1n) is 20.2. The highest BCUT2D eigenvalue weighted by Gasteiger charge is 2.27. The standard InChI is InChI=1S/C44H70N8O4/c1-41(2,3)35-23-31(37(53)33(25-35)29-49-15-19-51(20-16-49)39(55)47-43(7,8)9)27-45-13-14-46-28-32-24-36(42(4,5)6)26-34(38(32)54)30-50-17-21-52(22-18-50)40(56)48-44(10,11)12/h23-28,53-54H,13-22,29-30H2,1-12H3,(H,47,55)(H,48,56). The lowest BCUT2D eigenvalue weighted by Gasteiger charge is -2.36. The summed E-state index contributed by atoms with van der Waals surface area (Å²) in [7, 11) is 0. The highest BCUT2D eigenvalue weighted by molar-refractivity contribution is 5.85. The number of carbonyl (C=O) groups excluding carboxylic acids is 2. The van der Waals surface area contributed by atoms with Crippen LogP contribution in [0.1, 0.15) is 116 Å². The lowest BCUT2D eigenvalue weighted by atomic mass is 9.84. The number of urea groups is 2. The van der Waals surface area contributed by atoms with Crippen LogP contribution in [-0.4, -0.2) is 131 Å². The van der Waals surface area contributed by atoms with Crippen LogP contribution in [0.15, 0.2) is 34.3 Å². The Morgan fingerprint density at radius 1 is 0.571 bits per heavy atom. The minimum Gasteiger partial charge on any atom is -0.507 e. The van der Waals surface area contributed by atoms with Gasteiger partial charge in [0.1, 0.15) is 11.5 Å². The van der Waals surface area contributed by atoms with Crippen LogP contribution in [-0.2, 0) is 23.9 Å². The fourth-order valence-corrected chi connectivity index (χ4v) is 6.68. The number of nitrogens with zero attached hydrogens (tertiary/aromatic N) is 6. The first-order valence-corrected chi connectivity index (χ1v) is 20.2. The predicted molar refractivity (Wildman–Crippen MR) is 229 cm³/mol. The molecule has 310 valence electrons. The van der Waals surface area contributed by atoms with Gasteiger partial charge in [-0.3, -0.25) is 19.8 Å². The summed E-state index contributed by atoms with van der Waals surface area (Å²) in [6.45, 7) is 32.3. The molecule has 2 aromatic rings. The molecule has 2 heterocycles. The van der Waals surface area contributed by atoms with Gasteiger partial charge in [-0.1, -0.05) is 53.7 Å². The van der Waals surface area contributed by atoms with Gasteiger partial charge in [-0.05, 0) is 75.6 Å². The van der Waals surface area contributed by atoms with E-state index in [0.29, 0.717) is 63.5 Å². The number of phenolic OH excluding ortho intramolecular Hbond substituents is 2. The van der Waals surface area contributed by atoms with Crippen molar-refractivity contribution in [3.05, 3.63) is 57.6 Å². The first kappa shape index (κ1) is 44.6. The molecule has 2 saturated heterocycles. The second-order valence-corrected chi connectivity index (χ2v) is 19.6. The third kappa shape index (κ3) is 13.2. The Morgan fingerprint density at radius 3 is 1.18 bits per heavy atom. The van der Waals surface area contributed by atoms with Crippen molar-refractivity contribution >= 4 is 24.5 Å². The number of amides is 4. The maximum absolute atomic E-state index is 12.7. The Balaban J connectivity index is 1.40. The number of hydrogen-bond acceptors (Lipinski definition) is 8. The third-order valence-electron chi connectivity index (χ3n) is 10.1. The zero-order chi connectivity index (χ0) is 41.6. The largest absolute Gasteiger partial charge is 0.507 e. The monoisotopic (exact) mass is 775 g/mol. The molecule has 0 atom stereocenters. The molecule has 0 radical (unpaired) electrons. The average molecular weight is 775 g/mol. The van der Waals surface area contributed by atoms with Crippen LogP contribution in [0.3, 0.4) is 0 Å². The van der Waals surface area contributed by atoms with Crippen molar-refractivity contribution < 1.29 is 19.8 Å². The van der Waals surface area contributed by atoms with Crippen LogP contribution in [0, 0.1) is 0 Å². The summed E-state index contributed by atoms with van der Waals surface area (Å²) in [5, 5.41) is 28.9. The van der Waals surface area contributed by atoms with Crippen molar-refractivity contribution in [3.63, 3.8) is 0 Å². The minimum absolute atomic E-state index is 0.0390. The Kier molecular flexibility index (Phi) is 14.3. The van der Waals surface area contributed by atoms with Crippen molar-refractivity contribution in [3.8, 4) is 11.5 Å². The van der Waals surface area contributed by atoms with E-state index < -0.39 is 0 Å². The molecule has 0 bridgehead atoms. The third-order valence-corrected chi connectivity index (χ3v) is 10.1. The maximum atomic E-state index is 12.7. The van der Waals surface area contributed by atoms with E-state index in [1.807, 2.05) is 63.5 Å². The number of nitrogens with one attached hydrogen (secondary N) is 2. The van der Waals surface area contributed by atoms with Gasteiger partial charge in [0.15, 0.2) is 0 Å². The topological polar surface area (TPSA) is 136 Å². The van der Waals surface area contributed by atoms with Crippen molar-refractivity contribution in [2.24, 2.45) is 9.98 Å². The van der Waals surface area contributed by atoms with Crippen molar-refractivity contribution in [1.82, 2.24) is 30.2 Å². The lowest BCUT2D eigenvalue weighted by Crippen LogP contribution is -2.54. The van der Waals surface area contributed by atoms with E-state index in [-0.39, 0.29) is 45.5 Å². The van der Waals surface area contributed by atoms with E-state index in [1.165, 1.54) is 0 Å². The zero-order valence-electron chi connectivity index (χ0n) is 36.3. The number of rotatable bonds is 9. The smallest absolute Gasteiger partial charge is 0.317 e. The molecule has 2 aliphatic rings. The Bertz CT molecular complexity index is 1600. The van der Waals surface area contributed by atoms with Gasteiger partial charge in [0.05, 0.1) is 13.1 Å². The summed E-state index contributed by atoms with van der Waals surface area (Å²) in [4.78, 5) is 42.9. The number of carbonyl (C=O) groups is 2. The molecule has 0 saturated carbocycles. The summed E-state index contributed by atoms with van der Waals surface area (Å²) in [6, 6.07) is 8.13. The van der Waals surface area contributed by atoms with Crippen LogP contribution in [0.25, 0.3) is 0 Å². The molecule has 12 nitrogen and oxygen atoms in total. The van der Waals surface area contributed by atoms with Crippen molar-refractivity contribution in [2.45, 2.75) is 118 Å². The molecular weight excluding hydrogens is 705 g/mol. The normalized spacial score (nSPS) is 16.9. The lowest BCUT2D eigenvalue weighted by molar-refractivity contribution is 0.130. The molecule has 12 heteroatoms. The highest BCUT2D eigenvalue weighted by atomic mass is 16.3. The first-order chi connectivity index (χ1) is 25.9. The maximum Gasteiger partial charge on any atom is 0.317 e. The van der Waals surface area contributed by atoms with E-state index >= 15 is 0 Å². The molecular formula is C44H70N8O4. The second kappa shape index (κ2) is 18.0. The van der Waals surface area contributed by atoms with Gasteiger partial charge >= 0.3 is 12.1 Å². The molecule has 2 aromatic carbocycles. The molecule has 0 aromatic heterocycles. The van der Waals surface area contributed by atoms with Gasteiger partial charge in [-0.2, -0.15) is 0 Å². The van der Waals surface area contributed by atoms with Crippen molar-refractivity contribution in [1.29, 1.82) is 0 Å². The molecule has 4 amide bonds. The number of benzene rings is 2. The fourth-order valence-electron chi connectivity index (χ4n) is 6.68. The zero-order valence-corrected chi connectivity index (χ0v) is 36.3. The summed E-state index contributed by atoms with van der Waals surface area (Å²) in [5.74, 6) is 0.452. The summed E-state index contributed by atoms with van der Waals surface area (Å²) in [6.07, 6.45) is 3.47. The van der Waals surface area contributed by atoms with E-state index in [1.54, 1.807) is 12.4 Å². The molecule has 0 aliphatic carbocycles. The number of piperazine rings is 2. The van der Waals surface area contributed by atoms with Gasteiger partial charge in [-0.15, -0.1) is 0 Å². The average Bonchev–Trinajstić information content (AvgIpc) is 3.07. The van der Waals surface area contributed by atoms with E-state index in [9.17, 15) is 19.8 Å². The second-order valence-electron chi connectivity index (χ2n) is 19.6. The predicted octanol–water partition coefficient (Wildman–Crippen LogP) is 6.48. The molecule has 56 heavy (non-hydrogen) atoms. The molecule has 2 fully saturated rings. The molecule has 0 spiro atoms. The Morgan fingerprint density at radius 2 is 0.893 bits per heavy atom. The highest BCUT2D eigenvalue weighted by Crippen LogP contribution is 2.33. The van der Waals surface area contributed by atoms with Gasteiger partial charge in [0.25, 0.3) is 0 Å². The van der Waals surface area contributed by atoms with E-state index in [2.05, 4.69) is 84.1 Å². The minimum atomic E-state index is -0.282. The van der Waals surface area contributed by atoms with E-state index in [0.717, 1.165) is 48.4 Å². The quantitative estimate of drug-likeness (QED) is 0.170. The van der Waals surface area contributed by atoms with Gasteiger partial charge < -0.3 is 30.6 Å². The van der Waals surface area contributed by atoms with Gasteiger partial charge in [-0.25, -0.2) is 9.59 Å². The number of hydrogen-bond donors (Lipinski definition) is 4. The molecule has 2 aliphatic heterocycles. The van der Waals surface area contributed by atoms with Crippen LogP contribution in [0.4, 0.5) is 9.59 Å². The molecule has 4 N–H and O–H groups in total. The number of phenols is 2. The van der Waals surface area contributed by atoms with Crippen LogP contribution in [0.2, 0.25) is 0 Å². The summed E-state index contributed by atoms with van der Waals surface area (Å²) >= 11 is 0. The number of aliphatic imine (C=N–C) groups is 2. The van der Waals surface area contributed by atoms with Crippen molar-refractivity contribution in [2.75, 3.05) is 65.4 Å². The van der Waals surface area contributed by atoms with Crippen LogP contribution < -0.4 is 10.6 Å². The van der Waals surface area contributed by atoms with Crippen LogP contribution in [0.5, 0.6) is 11.5 Å². The Hall–Kier alpha value is -4.16. The SMILES string of the molecule is CC(C)(C)NC(=O)N1CCN(Cc2cc(C(C)(C)C)cc(C=NCCN=Cc3cc(C(C)(C)C)cc(CN4CCN(C(=O)NC(C)(C)C)CC4)c3O)c2O)CC1. The number of aromatic hydroxyl groups is 2. The summed E-state index contributed by atoms with van der Waals surface area (Å²) in [5.41, 5.74) is 4.47. The Labute approximate surface area is 336 Å². The van der Waals surface area contributed by atoms with Gasteiger partial charge in [0.2, 0.25) is 0 Å². The molecule has 4 rings (SSSR count). The fraction of sp³-hybridized carbons (Fsp3) is 0.636. The van der Waals surface area contributed by atoms with E-state index in [4.69, 9.17) is 0 Å². The van der Waals surface area contributed by atoms with Gasteiger partial charge in [0, 0.05) is 111 Å². The van der Waals surface area contributed by atoms with Crippen LogP contribution >= 0.6 is 0 Å².